The van der Waals surface area contributed by atoms with Crippen molar-refractivity contribution < 1.29 is 4.92 Å². The fourth-order valence-electron chi connectivity index (χ4n) is 3.47. The van der Waals surface area contributed by atoms with E-state index in [1.165, 1.54) is 0 Å². The summed E-state index contributed by atoms with van der Waals surface area (Å²) in [4.78, 5) is 10.4. The minimum absolute atomic E-state index is 0.198. The number of nitrogens with two attached hydrogens (primary N) is 1. The molecule has 3 fully saturated rings. The van der Waals surface area contributed by atoms with Crippen LogP contribution in [0.2, 0.25) is 0 Å². The zero-order valence-electron chi connectivity index (χ0n) is 8.98. The third-order valence-corrected chi connectivity index (χ3v) is 4.24. The molecular formula is C12H14N2O2. The minimum atomic E-state index is -0.326. The Morgan fingerprint density at radius 3 is 2.62 bits per heavy atom. The summed E-state index contributed by atoms with van der Waals surface area (Å²) in [7, 11) is 0. The largest absolute Gasteiger partial charge is 0.330 e. The second-order valence-corrected chi connectivity index (χ2v) is 5.32. The van der Waals surface area contributed by atoms with Gasteiger partial charge in [0.25, 0.3) is 5.69 Å². The molecule has 0 unspecified atom stereocenters. The van der Waals surface area contributed by atoms with Crippen molar-refractivity contribution in [1.82, 2.24) is 0 Å². The summed E-state index contributed by atoms with van der Waals surface area (Å²) >= 11 is 0. The second kappa shape index (κ2) is 2.83. The molecule has 0 amide bonds. The first-order valence-corrected chi connectivity index (χ1v) is 5.54. The Labute approximate surface area is 93.6 Å². The van der Waals surface area contributed by atoms with Gasteiger partial charge in [-0.1, -0.05) is 12.1 Å². The predicted octanol–water partition coefficient (Wildman–Crippen LogP) is 1.98. The molecule has 1 aromatic carbocycles. The van der Waals surface area contributed by atoms with E-state index in [1.54, 1.807) is 18.2 Å². The van der Waals surface area contributed by atoms with Crippen LogP contribution in [-0.4, -0.2) is 11.5 Å². The normalized spacial score (nSPS) is 35.1. The number of nitrogens with zero attached hydrogens (tertiary/aromatic N) is 1. The lowest BCUT2D eigenvalue weighted by Gasteiger charge is -2.71. The van der Waals surface area contributed by atoms with Gasteiger partial charge in [-0.15, -0.1) is 0 Å². The number of rotatable bonds is 3. The van der Waals surface area contributed by atoms with Crippen LogP contribution in [0.5, 0.6) is 0 Å². The Morgan fingerprint density at radius 2 is 2.06 bits per heavy atom. The van der Waals surface area contributed by atoms with Gasteiger partial charge in [-0.3, -0.25) is 10.1 Å². The smallest absolute Gasteiger partial charge is 0.269 e. The Kier molecular flexibility index (Phi) is 1.73. The summed E-state index contributed by atoms with van der Waals surface area (Å²) < 4.78 is 0. The van der Waals surface area contributed by atoms with Crippen LogP contribution >= 0.6 is 0 Å². The van der Waals surface area contributed by atoms with E-state index < -0.39 is 0 Å². The van der Waals surface area contributed by atoms with E-state index in [0.29, 0.717) is 5.41 Å². The first kappa shape index (κ1) is 9.78. The van der Waals surface area contributed by atoms with Crippen LogP contribution in [0.25, 0.3) is 0 Å². The van der Waals surface area contributed by atoms with Crippen molar-refractivity contribution in [2.24, 2.45) is 11.1 Å². The third-order valence-electron chi connectivity index (χ3n) is 4.24. The number of nitro benzene ring substituents is 1. The van der Waals surface area contributed by atoms with Crippen molar-refractivity contribution in [3.63, 3.8) is 0 Å². The highest BCUT2D eigenvalue weighted by Gasteiger charge is 2.67. The van der Waals surface area contributed by atoms with Gasteiger partial charge in [0.1, 0.15) is 0 Å². The molecule has 84 valence electrons. The van der Waals surface area contributed by atoms with Gasteiger partial charge in [-0.05, 0) is 42.2 Å². The van der Waals surface area contributed by atoms with Crippen molar-refractivity contribution in [2.75, 3.05) is 6.54 Å². The maximum absolute atomic E-state index is 10.7. The minimum Gasteiger partial charge on any atom is -0.330 e. The lowest BCUT2D eigenvalue weighted by atomic mass is 9.33. The molecule has 4 nitrogen and oxygen atoms in total. The Bertz CT molecular complexity index is 450. The van der Waals surface area contributed by atoms with Crippen molar-refractivity contribution in [3.8, 4) is 0 Å². The monoisotopic (exact) mass is 218 g/mol. The van der Waals surface area contributed by atoms with E-state index in [-0.39, 0.29) is 16.0 Å². The third kappa shape index (κ3) is 1.08. The van der Waals surface area contributed by atoms with Gasteiger partial charge in [0.05, 0.1) is 4.92 Å². The number of non-ortho nitro benzene ring substituents is 1. The van der Waals surface area contributed by atoms with Crippen LogP contribution in [0.4, 0.5) is 5.69 Å². The molecule has 0 radical (unpaired) electrons. The van der Waals surface area contributed by atoms with Crippen molar-refractivity contribution in [2.45, 2.75) is 24.7 Å². The molecular weight excluding hydrogens is 204 g/mol. The Hall–Kier alpha value is -1.42. The molecule has 0 spiro atoms. The van der Waals surface area contributed by atoms with Crippen LogP contribution in [-0.2, 0) is 5.41 Å². The van der Waals surface area contributed by atoms with Gasteiger partial charge < -0.3 is 5.73 Å². The van der Waals surface area contributed by atoms with Gasteiger partial charge in [0, 0.05) is 12.1 Å². The lowest BCUT2D eigenvalue weighted by Crippen LogP contribution is -2.67. The quantitative estimate of drug-likeness (QED) is 0.623. The fraction of sp³-hybridized carbons (Fsp3) is 0.500. The average Bonchev–Trinajstić information content (AvgIpc) is 2.15. The Balaban J connectivity index is 1.87. The summed E-state index contributed by atoms with van der Waals surface area (Å²) in [6.07, 6.45) is 3.33. The molecule has 3 aliphatic carbocycles. The van der Waals surface area contributed by atoms with Gasteiger partial charge >= 0.3 is 0 Å². The maximum Gasteiger partial charge on any atom is 0.269 e. The zero-order chi connectivity index (χ0) is 11.4. The summed E-state index contributed by atoms with van der Waals surface area (Å²) in [5, 5.41) is 10.7. The van der Waals surface area contributed by atoms with E-state index in [2.05, 4.69) is 0 Å². The van der Waals surface area contributed by atoms with Crippen molar-refractivity contribution >= 4 is 5.69 Å². The maximum atomic E-state index is 10.7. The highest BCUT2D eigenvalue weighted by atomic mass is 16.6. The molecule has 1 aromatic rings. The standard InChI is InChI=1S/C12H14N2O2/c13-8-11-5-12(6-11,7-11)9-2-1-3-10(4-9)14(15)16/h1-4H,5-8,13H2. The van der Waals surface area contributed by atoms with E-state index in [0.717, 1.165) is 31.4 Å². The molecule has 4 rings (SSSR count). The van der Waals surface area contributed by atoms with E-state index >= 15 is 0 Å². The number of nitro groups is 1. The summed E-state index contributed by atoms with van der Waals surface area (Å²) in [5.74, 6) is 0. The highest BCUT2D eigenvalue weighted by Crippen LogP contribution is 2.73. The van der Waals surface area contributed by atoms with Gasteiger partial charge in [0.15, 0.2) is 0 Å². The van der Waals surface area contributed by atoms with E-state index in [9.17, 15) is 10.1 Å². The Morgan fingerprint density at radius 1 is 1.38 bits per heavy atom. The molecule has 0 heterocycles. The zero-order valence-corrected chi connectivity index (χ0v) is 8.98. The first-order chi connectivity index (χ1) is 7.59. The molecule has 2 N–H and O–H groups in total. The average molecular weight is 218 g/mol. The van der Waals surface area contributed by atoms with Crippen LogP contribution in [0.3, 0.4) is 0 Å². The van der Waals surface area contributed by atoms with Crippen molar-refractivity contribution in [1.29, 1.82) is 0 Å². The molecule has 0 saturated heterocycles. The lowest BCUT2D eigenvalue weighted by molar-refractivity contribution is -0.385. The van der Waals surface area contributed by atoms with Crippen molar-refractivity contribution in [3.05, 3.63) is 39.9 Å². The van der Waals surface area contributed by atoms with E-state index in [4.69, 9.17) is 5.73 Å². The van der Waals surface area contributed by atoms with Gasteiger partial charge in [0.2, 0.25) is 0 Å². The fourth-order valence-corrected chi connectivity index (χ4v) is 3.47. The van der Waals surface area contributed by atoms with Crippen LogP contribution < -0.4 is 5.73 Å². The van der Waals surface area contributed by atoms with Crippen LogP contribution in [0, 0.1) is 15.5 Å². The van der Waals surface area contributed by atoms with Gasteiger partial charge in [-0.25, -0.2) is 0 Å². The molecule has 16 heavy (non-hydrogen) atoms. The topological polar surface area (TPSA) is 69.2 Å². The molecule has 0 aromatic heterocycles. The molecule has 3 saturated carbocycles. The second-order valence-electron chi connectivity index (χ2n) is 5.32. The highest BCUT2D eigenvalue weighted by molar-refractivity contribution is 5.44. The number of benzene rings is 1. The van der Waals surface area contributed by atoms with Crippen LogP contribution in [0.15, 0.2) is 24.3 Å². The SMILES string of the molecule is NCC12CC(c3cccc([N+](=O)[O-])c3)(C1)C2. The van der Waals surface area contributed by atoms with E-state index in [1.807, 2.05) is 6.07 Å². The van der Waals surface area contributed by atoms with Crippen LogP contribution in [0.1, 0.15) is 24.8 Å². The summed E-state index contributed by atoms with van der Waals surface area (Å²) in [6, 6.07) is 7.06. The number of hydrogen-bond donors (Lipinski definition) is 1. The molecule has 0 atom stereocenters. The van der Waals surface area contributed by atoms with Gasteiger partial charge in [-0.2, -0.15) is 0 Å². The molecule has 2 bridgehead atoms. The molecule has 3 aliphatic rings. The first-order valence-electron chi connectivity index (χ1n) is 5.54. The summed E-state index contributed by atoms with van der Waals surface area (Å²) in [6.45, 7) is 0.754. The predicted molar refractivity (Wildman–Crippen MR) is 60.1 cm³/mol. The summed E-state index contributed by atoms with van der Waals surface area (Å²) in [5.41, 5.74) is 7.61. The molecule has 4 heteroatoms. The molecule has 0 aliphatic heterocycles. The number of hydrogen-bond acceptors (Lipinski definition) is 3.